The van der Waals surface area contributed by atoms with Crippen LogP contribution in [-0.2, 0) is 9.53 Å². The lowest BCUT2D eigenvalue weighted by molar-refractivity contribution is -0.144. The van der Waals surface area contributed by atoms with Gasteiger partial charge in [0.05, 0.1) is 13.0 Å². The first-order valence-corrected chi connectivity index (χ1v) is 6.89. The Morgan fingerprint density at radius 1 is 1.20 bits per heavy atom. The molecule has 4 heteroatoms. The number of esters is 1. The molecule has 1 unspecified atom stereocenters. The normalized spacial score (nSPS) is 18.2. The third kappa shape index (κ3) is 2.69. The smallest absolute Gasteiger partial charge is 0.310 e. The topological polar surface area (TPSA) is 46.6 Å². The summed E-state index contributed by atoms with van der Waals surface area (Å²) in [7, 11) is 1.39. The summed E-state index contributed by atoms with van der Waals surface area (Å²) in [5, 5.41) is 0. The average molecular weight is 275 g/mol. The number of methoxy groups -OCH3 is 1. The van der Waals surface area contributed by atoms with Crippen molar-refractivity contribution in [2.24, 2.45) is 5.92 Å². The van der Waals surface area contributed by atoms with E-state index < -0.39 is 0 Å². The lowest BCUT2D eigenvalue weighted by Gasteiger charge is -2.19. The molecule has 1 heterocycles. The van der Waals surface area contributed by atoms with Gasteiger partial charge in [0.2, 0.25) is 0 Å². The van der Waals surface area contributed by atoms with Gasteiger partial charge in [-0.15, -0.1) is 0 Å². The lowest BCUT2D eigenvalue weighted by atomic mass is 9.99. The van der Waals surface area contributed by atoms with Gasteiger partial charge in [-0.05, 0) is 38.3 Å². The fourth-order valence-electron chi connectivity index (χ4n) is 2.98. The molecule has 1 aliphatic rings. The number of aryl methyl sites for hydroxylation is 3. The molecule has 0 N–H and O–H groups in total. The first-order chi connectivity index (χ1) is 9.43. The molecule has 0 aromatic heterocycles. The number of carbonyl (C=O) groups is 2. The molecule has 1 aromatic carbocycles. The molecule has 20 heavy (non-hydrogen) atoms. The van der Waals surface area contributed by atoms with Gasteiger partial charge in [0, 0.05) is 18.7 Å². The maximum Gasteiger partial charge on any atom is 0.310 e. The van der Waals surface area contributed by atoms with E-state index in [4.69, 9.17) is 4.74 Å². The Morgan fingerprint density at radius 2 is 1.80 bits per heavy atom. The van der Waals surface area contributed by atoms with E-state index in [1.165, 1.54) is 7.11 Å². The molecule has 1 aromatic rings. The van der Waals surface area contributed by atoms with Crippen molar-refractivity contribution in [1.29, 1.82) is 0 Å². The molecule has 1 fully saturated rings. The third-order valence-electron chi connectivity index (χ3n) is 3.90. The Hall–Kier alpha value is -1.84. The Labute approximate surface area is 119 Å². The van der Waals surface area contributed by atoms with Crippen molar-refractivity contribution >= 4 is 11.9 Å². The lowest BCUT2D eigenvalue weighted by Crippen LogP contribution is -2.31. The molecular formula is C16H21NO3. The van der Waals surface area contributed by atoms with E-state index in [-0.39, 0.29) is 17.8 Å². The first-order valence-electron chi connectivity index (χ1n) is 6.89. The number of amides is 1. The summed E-state index contributed by atoms with van der Waals surface area (Å²) < 4.78 is 4.75. The predicted molar refractivity (Wildman–Crippen MR) is 76.7 cm³/mol. The van der Waals surface area contributed by atoms with Gasteiger partial charge in [0.25, 0.3) is 5.91 Å². The standard InChI is InChI=1S/C16H21NO3/c1-10-7-11(2)14(12(3)8-10)15(18)17-6-5-13(9-17)16(19)20-4/h7-8,13H,5-6,9H2,1-4H3. The van der Waals surface area contributed by atoms with Gasteiger partial charge in [0.15, 0.2) is 0 Å². The zero-order valence-corrected chi connectivity index (χ0v) is 12.5. The van der Waals surface area contributed by atoms with Crippen LogP contribution in [0.2, 0.25) is 0 Å². The number of carbonyl (C=O) groups excluding carboxylic acids is 2. The van der Waals surface area contributed by atoms with Crippen LogP contribution in [0.4, 0.5) is 0 Å². The van der Waals surface area contributed by atoms with E-state index in [1.54, 1.807) is 4.90 Å². The van der Waals surface area contributed by atoms with Crippen LogP contribution in [-0.4, -0.2) is 37.0 Å². The van der Waals surface area contributed by atoms with Crippen molar-refractivity contribution in [2.75, 3.05) is 20.2 Å². The quantitative estimate of drug-likeness (QED) is 0.778. The molecule has 2 rings (SSSR count). The maximum absolute atomic E-state index is 12.6. The molecule has 0 bridgehead atoms. The number of rotatable bonds is 2. The summed E-state index contributed by atoms with van der Waals surface area (Å²) in [6, 6.07) is 4.04. The van der Waals surface area contributed by atoms with Crippen LogP contribution < -0.4 is 0 Å². The Kier molecular flexibility index (Phi) is 4.12. The van der Waals surface area contributed by atoms with E-state index in [2.05, 4.69) is 0 Å². The highest BCUT2D eigenvalue weighted by molar-refractivity contribution is 5.97. The number of ether oxygens (including phenoxy) is 1. The molecule has 1 saturated heterocycles. The van der Waals surface area contributed by atoms with Crippen LogP contribution in [0, 0.1) is 26.7 Å². The highest BCUT2D eigenvalue weighted by Gasteiger charge is 2.32. The minimum atomic E-state index is -0.224. The van der Waals surface area contributed by atoms with Crippen LogP contribution >= 0.6 is 0 Å². The highest BCUT2D eigenvalue weighted by Crippen LogP contribution is 2.23. The molecule has 0 spiro atoms. The summed E-state index contributed by atoms with van der Waals surface area (Å²) in [5.74, 6) is -0.390. The molecular weight excluding hydrogens is 254 g/mol. The molecule has 1 atom stereocenters. The molecule has 108 valence electrons. The second-order valence-corrected chi connectivity index (χ2v) is 5.53. The van der Waals surface area contributed by atoms with E-state index in [9.17, 15) is 9.59 Å². The molecule has 0 aliphatic carbocycles. The van der Waals surface area contributed by atoms with E-state index in [1.807, 2.05) is 32.9 Å². The summed E-state index contributed by atoms with van der Waals surface area (Å²) in [5.41, 5.74) is 3.91. The van der Waals surface area contributed by atoms with Crippen molar-refractivity contribution in [3.63, 3.8) is 0 Å². The number of nitrogens with zero attached hydrogens (tertiary/aromatic N) is 1. The van der Waals surface area contributed by atoms with Gasteiger partial charge in [0.1, 0.15) is 0 Å². The Morgan fingerprint density at radius 3 is 2.35 bits per heavy atom. The monoisotopic (exact) mass is 275 g/mol. The zero-order chi connectivity index (χ0) is 14.9. The van der Waals surface area contributed by atoms with E-state index in [0.29, 0.717) is 19.5 Å². The fourth-order valence-corrected chi connectivity index (χ4v) is 2.98. The van der Waals surface area contributed by atoms with Crippen molar-refractivity contribution < 1.29 is 14.3 Å². The van der Waals surface area contributed by atoms with Gasteiger partial charge in [-0.2, -0.15) is 0 Å². The van der Waals surface area contributed by atoms with E-state index >= 15 is 0 Å². The van der Waals surface area contributed by atoms with Crippen LogP contribution in [0.5, 0.6) is 0 Å². The largest absolute Gasteiger partial charge is 0.469 e. The number of hydrogen-bond donors (Lipinski definition) is 0. The Balaban J connectivity index is 2.20. The molecule has 1 amide bonds. The van der Waals surface area contributed by atoms with Crippen LogP contribution in [0.1, 0.15) is 33.5 Å². The van der Waals surface area contributed by atoms with Gasteiger partial charge >= 0.3 is 5.97 Å². The molecule has 1 aliphatic heterocycles. The summed E-state index contributed by atoms with van der Waals surface area (Å²) in [4.78, 5) is 25.9. The average Bonchev–Trinajstić information content (AvgIpc) is 2.86. The van der Waals surface area contributed by atoms with Crippen molar-refractivity contribution in [1.82, 2.24) is 4.90 Å². The van der Waals surface area contributed by atoms with Crippen LogP contribution in [0.3, 0.4) is 0 Å². The second kappa shape index (κ2) is 5.65. The number of hydrogen-bond acceptors (Lipinski definition) is 3. The van der Waals surface area contributed by atoms with Gasteiger partial charge in [-0.3, -0.25) is 9.59 Å². The highest BCUT2D eigenvalue weighted by atomic mass is 16.5. The van der Waals surface area contributed by atoms with E-state index in [0.717, 1.165) is 22.3 Å². The van der Waals surface area contributed by atoms with Gasteiger partial charge in [-0.1, -0.05) is 17.7 Å². The molecule has 0 saturated carbocycles. The number of likely N-dealkylation sites (tertiary alicyclic amines) is 1. The summed E-state index contributed by atoms with van der Waals surface area (Å²) in [6.07, 6.45) is 0.683. The number of benzene rings is 1. The Bertz CT molecular complexity index is 528. The predicted octanol–water partition coefficient (Wildman–Crippen LogP) is 2.25. The zero-order valence-electron chi connectivity index (χ0n) is 12.5. The SMILES string of the molecule is COC(=O)C1CCN(C(=O)c2c(C)cc(C)cc2C)C1. The summed E-state index contributed by atoms with van der Waals surface area (Å²) >= 11 is 0. The third-order valence-corrected chi connectivity index (χ3v) is 3.90. The van der Waals surface area contributed by atoms with Gasteiger partial charge in [-0.25, -0.2) is 0 Å². The first kappa shape index (κ1) is 14.6. The van der Waals surface area contributed by atoms with Crippen LogP contribution in [0.15, 0.2) is 12.1 Å². The summed E-state index contributed by atoms with van der Waals surface area (Å²) in [6.45, 7) is 7.02. The van der Waals surface area contributed by atoms with Crippen molar-refractivity contribution in [3.05, 3.63) is 34.4 Å². The minimum absolute atomic E-state index is 0.0198. The van der Waals surface area contributed by atoms with Crippen molar-refractivity contribution in [2.45, 2.75) is 27.2 Å². The molecule has 4 nitrogen and oxygen atoms in total. The van der Waals surface area contributed by atoms with Crippen molar-refractivity contribution in [3.8, 4) is 0 Å². The second-order valence-electron chi connectivity index (χ2n) is 5.53. The van der Waals surface area contributed by atoms with Gasteiger partial charge < -0.3 is 9.64 Å². The minimum Gasteiger partial charge on any atom is -0.469 e. The maximum atomic E-state index is 12.6. The van der Waals surface area contributed by atoms with Crippen LogP contribution in [0.25, 0.3) is 0 Å². The fraction of sp³-hybridized carbons (Fsp3) is 0.500. The molecule has 0 radical (unpaired) electrons.